The molecule has 8 heteroatoms. The lowest BCUT2D eigenvalue weighted by Crippen LogP contribution is -2.44. The third-order valence-corrected chi connectivity index (χ3v) is 5.11. The molecule has 1 heterocycles. The molecule has 1 saturated heterocycles. The van der Waals surface area contributed by atoms with Crippen molar-refractivity contribution in [2.75, 3.05) is 25.0 Å². The highest BCUT2D eigenvalue weighted by Crippen LogP contribution is 2.22. The Morgan fingerprint density at radius 1 is 1.30 bits per heavy atom. The van der Waals surface area contributed by atoms with Gasteiger partial charge < -0.3 is 10.6 Å². The fraction of sp³-hybridized carbons (Fsp3) is 0.533. The minimum absolute atomic E-state index is 0.0667. The zero-order chi connectivity index (χ0) is 16.9. The summed E-state index contributed by atoms with van der Waals surface area (Å²) in [7, 11) is -3.66. The highest BCUT2D eigenvalue weighted by molar-refractivity contribution is 7.86. The molecule has 1 amide bonds. The van der Waals surface area contributed by atoms with Crippen molar-refractivity contribution < 1.29 is 13.2 Å². The van der Waals surface area contributed by atoms with Crippen LogP contribution in [0.4, 0.5) is 5.69 Å². The molecule has 0 aromatic heterocycles. The van der Waals surface area contributed by atoms with E-state index in [1.807, 2.05) is 31.2 Å². The van der Waals surface area contributed by atoms with E-state index in [-0.39, 0.29) is 24.9 Å². The maximum atomic E-state index is 12.4. The first-order valence-electron chi connectivity index (χ1n) is 7.79. The van der Waals surface area contributed by atoms with E-state index in [9.17, 15) is 13.2 Å². The van der Waals surface area contributed by atoms with E-state index < -0.39 is 10.2 Å². The van der Waals surface area contributed by atoms with Crippen LogP contribution in [-0.2, 0) is 21.5 Å². The molecule has 4 N–H and O–H groups in total. The number of nitrogens with two attached hydrogens (primary N) is 1. The van der Waals surface area contributed by atoms with Gasteiger partial charge in [-0.25, -0.2) is 5.14 Å². The van der Waals surface area contributed by atoms with E-state index in [2.05, 4.69) is 10.6 Å². The molecule has 0 radical (unpaired) electrons. The fourth-order valence-electron chi connectivity index (χ4n) is 2.66. The maximum Gasteiger partial charge on any atom is 0.276 e. The first-order valence-corrected chi connectivity index (χ1v) is 9.29. The molecule has 128 valence electrons. The molecule has 1 aliphatic rings. The molecule has 1 aromatic carbocycles. The third-order valence-electron chi connectivity index (χ3n) is 4.03. The number of hydrogen-bond donors (Lipinski definition) is 3. The van der Waals surface area contributed by atoms with Gasteiger partial charge in [-0.1, -0.05) is 25.1 Å². The zero-order valence-corrected chi connectivity index (χ0v) is 14.1. The smallest absolute Gasteiger partial charge is 0.276 e. The second-order valence-corrected chi connectivity index (χ2v) is 7.19. The average Bonchev–Trinajstić information content (AvgIpc) is 2.53. The van der Waals surface area contributed by atoms with Gasteiger partial charge in [0.2, 0.25) is 5.91 Å². The highest BCUT2D eigenvalue weighted by Gasteiger charge is 2.29. The summed E-state index contributed by atoms with van der Waals surface area (Å²) in [5.41, 5.74) is 1.83. The van der Waals surface area contributed by atoms with E-state index >= 15 is 0 Å². The van der Waals surface area contributed by atoms with E-state index in [4.69, 9.17) is 5.14 Å². The van der Waals surface area contributed by atoms with E-state index in [1.54, 1.807) is 0 Å². The average molecular weight is 340 g/mol. The standard InChI is InChI=1S/C15H24N4O3S/c1-2-17-11-13-5-3-4-6-14(13)18-15(20)12-7-9-19(10-8-12)23(16,21)22/h3-6,12,17H,2,7-11H2,1H3,(H,18,20)(H2,16,21,22). The minimum Gasteiger partial charge on any atom is -0.326 e. The van der Waals surface area contributed by atoms with Crippen LogP contribution in [0.3, 0.4) is 0 Å². The summed E-state index contributed by atoms with van der Waals surface area (Å²) in [6, 6.07) is 7.67. The van der Waals surface area contributed by atoms with E-state index in [1.165, 1.54) is 4.31 Å². The van der Waals surface area contributed by atoms with Crippen LogP contribution in [0.1, 0.15) is 25.3 Å². The summed E-state index contributed by atoms with van der Waals surface area (Å²) in [5.74, 6) is -0.261. The molecule has 0 bridgehead atoms. The number of nitrogens with one attached hydrogen (secondary N) is 2. The molecule has 2 rings (SSSR count). The minimum atomic E-state index is -3.66. The summed E-state index contributed by atoms with van der Waals surface area (Å²) < 4.78 is 23.8. The maximum absolute atomic E-state index is 12.4. The Kier molecular flexibility index (Phi) is 6.11. The van der Waals surface area contributed by atoms with Gasteiger partial charge in [0.05, 0.1) is 0 Å². The van der Waals surface area contributed by atoms with Gasteiger partial charge in [0.15, 0.2) is 0 Å². The van der Waals surface area contributed by atoms with Crippen molar-refractivity contribution in [3.63, 3.8) is 0 Å². The molecule has 0 aliphatic carbocycles. The fourth-order valence-corrected chi connectivity index (χ4v) is 3.38. The Bertz CT molecular complexity index is 640. The van der Waals surface area contributed by atoms with E-state index in [0.717, 1.165) is 17.8 Å². The Morgan fingerprint density at radius 3 is 2.57 bits per heavy atom. The predicted molar refractivity (Wildman–Crippen MR) is 89.9 cm³/mol. The van der Waals surface area contributed by atoms with Crippen molar-refractivity contribution in [3.05, 3.63) is 29.8 Å². The van der Waals surface area contributed by atoms with Crippen molar-refractivity contribution in [1.29, 1.82) is 0 Å². The van der Waals surface area contributed by atoms with Crippen LogP contribution in [0.15, 0.2) is 24.3 Å². The van der Waals surface area contributed by atoms with Crippen molar-refractivity contribution in [2.45, 2.75) is 26.3 Å². The lowest BCUT2D eigenvalue weighted by Gasteiger charge is -2.29. The van der Waals surface area contributed by atoms with Crippen molar-refractivity contribution in [1.82, 2.24) is 9.62 Å². The number of benzene rings is 1. The number of piperidine rings is 1. The summed E-state index contributed by atoms with van der Waals surface area (Å²) >= 11 is 0. The van der Waals surface area contributed by atoms with E-state index in [0.29, 0.717) is 19.4 Å². The Hall–Kier alpha value is -1.48. The molecule has 0 atom stereocenters. The summed E-state index contributed by atoms with van der Waals surface area (Å²) in [6.45, 7) is 4.15. The molecule has 0 saturated carbocycles. The number of carbonyl (C=O) groups excluding carboxylic acids is 1. The number of anilines is 1. The molecule has 1 aromatic rings. The molecule has 1 fully saturated rings. The molecule has 0 unspecified atom stereocenters. The van der Waals surface area contributed by atoms with Crippen LogP contribution < -0.4 is 15.8 Å². The number of amides is 1. The van der Waals surface area contributed by atoms with Gasteiger partial charge in [-0.3, -0.25) is 4.79 Å². The van der Waals surface area contributed by atoms with Crippen molar-refractivity contribution in [2.24, 2.45) is 11.1 Å². The number of carbonyl (C=O) groups is 1. The van der Waals surface area contributed by atoms with Gasteiger partial charge in [0, 0.05) is 31.2 Å². The van der Waals surface area contributed by atoms with Gasteiger partial charge in [-0.05, 0) is 31.0 Å². The number of hydrogen-bond acceptors (Lipinski definition) is 4. The van der Waals surface area contributed by atoms with Crippen LogP contribution in [0.2, 0.25) is 0 Å². The normalized spacial score (nSPS) is 17.1. The largest absolute Gasteiger partial charge is 0.326 e. The second-order valence-electron chi connectivity index (χ2n) is 5.64. The van der Waals surface area contributed by atoms with Crippen LogP contribution >= 0.6 is 0 Å². The van der Waals surface area contributed by atoms with Crippen molar-refractivity contribution >= 4 is 21.8 Å². The van der Waals surface area contributed by atoms with Crippen LogP contribution in [0.5, 0.6) is 0 Å². The number of rotatable bonds is 6. The quantitative estimate of drug-likeness (QED) is 0.707. The molecule has 1 aliphatic heterocycles. The molecular weight excluding hydrogens is 316 g/mol. The molecule has 7 nitrogen and oxygen atoms in total. The van der Waals surface area contributed by atoms with Gasteiger partial charge in [-0.2, -0.15) is 12.7 Å². The van der Waals surface area contributed by atoms with Gasteiger partial charge in [0.25, 0.3) is 10.2 Å². The molecular formula is C15H24N4O3S. The highest BCUT2D eigenvalue weighted by atomic mass is 32.2. The first kappa shape index (κ1) is 17.9. The predicted octanol–water partition coefficient (Wildman–Crippen LogP) is 0.650. The lowest BCUT2D eigenvalue weighted by atomic mass is 9.97. The monoisotopic (exact) mass is 340 g/mol. The Morgan fingerprint density at radius 2 is 1.96 bits per heavy atom. The van der Waals surface area contributed by atoms with Gasteiger partial charge >= 0.3 is 0 Å². The van der Waals surface area contributed by atoms with Gasteiger partial charge in [-0.15, -0.1) is 0 Å². The van der Waals surface area contributed by atoms with Crippen LogP contribution in [0.25, 0.3) is 0 Å². The zero-order valence-electron chi connectivity index (χ0n) is 13.3. The van der Waals surface area contributed by atoms with Gasteiger partial charge in [0.1, 0.15) is 0 Å². The third kappa shape index (κ3) is 5.00. The number of para-hydroxylation sites is 1. The SMILES string of the molecule is CCNCc1ccccc1NC(=O)C1CCN(S(N)(=O)=O)CC1. The Balaban J connectivity index is 1.96. The summed E-state index contributed by atoms with van der Waals surface area (Å²) in [6.07, 6.45) is 0.968. The van der Waals surface area contributed by atoms with Crippen LogP contribution in [-0.4, -0.2) is 38.3 Å². The molecule has 0 spiro atoms. The van der Waals surface area contributed by atoms with Crippen molar-refractivity contribution in [3.8, 4) is 0 Å². The topological polar surface area (TPSA) is 105 Å². The molecule has 23 heavy (non-hydrogen) atoms. The first-order chi connectivity index (χ1) is 10.9. The summed E-state index contributed by atoms with van der Waals surface area (Å²) in [4.78, 5) is 12.4. The summed E-state index contributed by atoms with van der Waals surface area (Å²) in [5, 5.41) is 11.3. The second kappa shape index (κ2) is 7.87. The Labute approximate surface area is 137 Å². The van der Waals surface area contributed by atoms with Crippen LogP contribution in [0, 0.1) is 5.92 Å². The lowest BCUT2D eigenvalue weighted by molar-refractivity contribution is -0.120. The number of nitrogens with zero attached hydrogens (tertiary/aromatic N) is 1.